The molecule has 4 aromatic rings. The number of aromatic nitrogens is 3. The van der Waals surface area contributed by atoms with E-state index < -0.39 is 11.8 Å². The number of hydrogen-bond acceptors (Lipinski definition) is 6. The highest BCUT2D eigenvalue weighted by atomic mass is 16.3. The minimum Gasteiger partial charge on any atom is -0.467 e. The Balaban J connectivity index is 1.38. The predicted molar refractivity (Wildman–Crippen MR) is 116 cm³/mol. The Labute approximate surface area is 188 Å². The van der Waals surface area contributed by atoms with Gasteiger partial charge in [-0.1, -0.05) is 30.3 Å². The summed E-state index contributed by atoms with van der Waals surface area (Å²) in [6.07, 6.45) is 4.50. The molecule has 3 amide bonds. The van der Waals surface area contributed by atoms with Crippen molar-refractivity contribution in [2.24, 2.45) is 0 Å². The Morgan fingerprint density at radius 2 is 1.82 bits per heavy atom. The van der Waals surface area contributed by atoms with E-state index in [2.05, 4.69) is 15.4 Å². The first-order valence-electron chi connectivity index (χ1n) is 10.3. The average molecular weight is 441 g/mol. The fourth-order valence-electron chi connectivity index (χ4n) is 3.81. The summed E-state index contributed by atoms with van der Waals surface area (Å²) in [6.45, 7) is 0.421. The number of amides is 3. The van der Waals surface area contributed by atoms with E-state index in [0.717, 1.165) is 10.5 Å². The Hall–Kier alpha value is -4.53. The quantitative estimate of drug-likeness (QED) is 0.442. The maximum absolute atomic E-state index is 13.1. The molecule has 0 fully saturated rings. The van der Waals surface area contributed by atoms with Gasteiger partial charge in [0.15, 0.2) is 0 Å². The largest absolute Gasteiger partial charge is 0.467 e. The fourth-order valence-corrected chi connectivity index (χ4v) is 3.81. The van der Waals surface area contributed by atoms with Gasteiger partial charge in [0.2, 0.25) is 0 Å². The van der Waals surface area contributed by atoms with Crippen LogP contribution in [0, 0.1) is 0 Å². The lowest BCUT2D eigenvalue weighted by Crippen LogP contribution is -2.31. The Bertz CT molecular complexity index is 1300. The summed E-state index contributed by atoms with van der Waals surface area (Å²) >= 11 is 0. The number of carbonyl (C=O) groups excluding carboxylic acids is 3. The van der Waals surface area contributed by atoms with E-state index >= 15 is 0 Å². The summed E-state index contributed by atoms with van der Waals surface area (Å²) in [7, 11) is 0. The lowest BCUT2D eigenvalue weighted by atomic mass is 10.0. The monoisotopic (exact) mass is 441 g/mol. The molecular weight excluding hydrogens is 422 g/mol. The van der Waals surface area contributed by atoms with Crippen LogP contribution in [0.1, 0.15) is 48.4 Å². The Morgan fingerprint density at radius 3 is 2.55 bits per heavy atom. The number of fused-ring (bicyclic) bond motifs is 1. The first-order valence-corrected chi connectivity index (χ1v) is 10.3. The van der Waals surface area contributed by atoms with Crippen molar-refractivity contribution in [3.8, 4) is 0 Å². The van der Waals surface area contributed by atoms with Gasteiger partial charge in [0.1, 0.15) is 18.4 Å². The van der Waals surface area contributed by atoms with Crippen LogP contribution in [0.2, 0.25) is 0 Å². The minimum atomic E-state index is -0.455. The van der Waals surface area contributed by atoms with Crippen molar-refractivity contribution in [1.29, 1.82) is 0 Å². The van der Waals surface area contributed by atoms with E-state index in [1.807, 2.05) is 30.3 Å². The number of furan rings is 1. The molecule has 33 heavy (non-hydrogen) atoms. The normalized spacial score (nSPS) is 13.8. The highest BCUT2D eigenvalue weighted by molar-refractivity contribution is 6.22. The second-order valence-electron chi connectivity index (χ2n) is 7.59. The van der Waals surface area contributed by atoms with E-state index in [1.165, 1.54) is 24.7 Å². The topological polar surface area (TPSA) is 110 Å². The van der Waals surface area contributed by atoms with Gasteiger partial charge in [0.25, 0.3) is 17.7 Å². The molecule has 0 saturated heterocycles. The van der Waals surface area contributed by atoms with E-state index in [0.29, 0.717) is 12.3 Å². The number of imide groups is 1. The first-order chi connectivity index (χ1) is 16.1. The van der Waals surface area contributed by atoms with Crippen molar-refractivity contribution in [2.75, 3.05) is 0 Å². The van der Waals surface area contributed by atoms with Crippen molar-refractivity contribution in [3.05, 3.63) is 108 Å². The maximum Gasteiger partial charge on any atom is 0.261 e. The SMILES string of the molecule is O=C(NC(Cn1cncn1)c1ccccc1)c1ccc2c(c1)C(=O)N(Cc1ccco1)C2=O. The standard InChI is InChI=1S/C24H19N5O4/c30-22(27-21(13-28-15-25-14-26-28)16-5-2-1-3-6-16)17-8-9-19-20(11-17)24(32)29(23(19)31)12-18-7-4-10-33-18/h1-11,14-15,21H,12-13H2,(H,27,30). The van der Waals surface area contributed by atoms with Crippen molar-refractivity contribution in [1.82, 2.24) is 25.0 Å². The van der Waals surface area contributed by atoms with Crippen LogP contribution < -0.4 is 5.32 Å². The summed E-state index contributed by atoms with van der Waals surface area (Å²) in [5.74, 6) is -0.729. The fraction of sp³-hybridized carbons (Fsp3) is 0.125. The molecule has 2 aromatic heterocycles. The molecule has 2 aromatic carbocycles. The number of carbonyl (C=O) groups is 3. The van der Waals surface area contributed by atoms with Crippen molar-refractivity contribution in [3.63, 3.8) is 0 Å². The molecule has 0 radical (unpaired) electrons. The van der Waals surface area contributed by atoms with Gasteiger partial charge in [-0.3, -0.25) is 24.0 Å². The molecule has 1 N–H and O–H groups in total. The van der Waals surface area contributed by atoms with Crippen LogP contribution in [0.15, 0.2) is 84.0 Å². The third kappa shape index (κ3) is 4.03. The summed E-state index contributed by atoms with van der Waals surface area (Å²) < 4.78 is 6.89. The molecule has 1 atom stereocenters. The predicted octanol–water partition coefficient (Wildman–Crippen LogP) is 2.84. The molecule has 9 heteroatoms. The molecule has 5 rings (SSSR count). The molecule has 1 aliphatic heterocycles. The van der Waals surface area contributed by atoms with Gasteiger partial charge in [-0.15, -0.1) is 0 Å². The van der Waals surface area contributed by atoms with Gasteiger partial charge in [-0.25, -0.2) is 4.98 Å². The first kappa shape index (κ1) is 20.4. The van der Waals surface area contributed by atoms with Crippen LogP contribution in [0.3, 0.4) is 0 Å². The lowest BCUT2D eigenvalue weighted by Gasteiger charge is -2.19. The molecule has 0 spiro atoms. The van der Waals surface area contributed by atoms with Crippen molar-refractivity contribution < 1.29 is 18.8 Å². The molecular formula is C24H19N5O4. The third-order valence-electron chi connectivity index (χ3n) is 5.47. The second kappa shape index (κ2) is 8.54. The van der Waals surface area contributed by atoms with E-state index in [1.54, 1.807) is 29.2 Å². The number of nitrogens with one attached hydrogen (secondary N) is 1. The van der Waals surface area contributed by atoms with Gasteiger partial charge in [0.05, 0.1) is 36.5 Å². The highest BCUT2D eigenvalue weighted by Gasteiger charge is 2.36. The molecule has 3 heterocycles. The Kier molecular flexibility index (Phi) is 5.27. The second-order valence-corrected chi connectivity index (χ2v) is 7.59. The van der Waals surface area contributed by atoms with Crippen LogP contribution in [-0.4, -0.2) is 37.4 Å². The molecule has 1 unspecified atom stereocenters. The summed E-state index contributed by atoms with van der Waals surface area (Å²) in [5.41, 5.74) is 1.66. The van der Waals surface area contributed by atoms with E-state index in [9.17, 15) is 14.4 Å². The zero-order valence-electron chi connectivity index (χ0n) is 17.4. The summed E-state index contributed by atoms with van der Waals surface area (Å²) in [4.78, 5) is 43.7. The zero-order valence-corrected chi connectivity index (χ0v) is 17.4. The van der Waals surface area contributed by atoms with Gasteiger partial charge < -0.3 is 9.73 Å². The average Bonchev–Trinajstić information content (AvgIpc) is 3.59. The molecule has 0 saturated carbocycles. The van der Waals surface area contributed by atoms with Crippen LogP contribution in [0.25, 0.3) is 0 Å². The lowest BCUT2D eigenvalue weighted by molar-refractivity contribution is 0.0631. The summed E-state index contributed by atoms with van der Waals surface area (Å²) in [5, 5.41) is 7.13. The van der Waals surface area contributed by atoms with E-state index in [4.69, 9.17) is 4.42 Å². The smallest absolute Gasteiger partial charge is 0.261 e. The molecule has 9 nitrogen and oxygen atoms in total. The number of nitrogens with zero attached hydrogens (tertiary/aromatic N) is 4. The molecule has 1 aliphatic rings. The van der Waals surface area contributed by atoms with Crippen LogP contribution in [-0.2, 0) is 13.1 Å². The van der Waals surface area contributed by atoms with Crippen molar-refractivity contribution >= 4 is 17.7 Å². The molecule has 0 aliphatic carbocycles. The number of rotatable bonds is 7. The molecule has 164 valence electrons. The Morgan fingerprint density at radius 1 is 1.00 bits per heavy atom. The zero-order chi connectivity index (χ0) is 22.8. The maximum atomic E-state index is 13.1. The van der Waals surface area contributed by atoms with Gasteiger partial charge >= 0.3 is 0 Å². The van der Waals surface area contributed by atoms with Gasteiger partial charge in [0, 0.05) is 5.56 Å². The van der Waals surface area contributed by atoms with Crippen LogP contribution in [0.4, 0.5) is 0 Å². The summed E-state index contributed by atoms with van der Waals surface area (Å²) in [6, 6.07) is 17.1. The van der Waals surface area contributed by atoms with Gasteiger partial charge in [-0.2, -0.15) is 5.10 Å². The van der Waals surface area contributed by atoms with Gasteiger partial charge in [-0.05, 0) is 35.9 Å². The van der Waals surface area contributed by atoms with Crippen LogP contribution in [0.5, 0.6) is 0 Å². The minimum absolute atomic E-state index is 0.0366. The third-order valence-corrected chi connectivity index (χ3v) is 5.47. The number of benzene rings is 2. The van der Waals surface area contributed by atoms with E-state index in [-0.39, 0.29) is 35.2 Å². The number of hydrogen-bond donors (Lipinski definition) is 1. The van der Waals surface area contributed by atoms with Crippen molar-refractivity contribution in [2.45, 2.75) is 19.1 Å². The highest BCUT2D eigenvalue weighted by Crippen LogP contribution is 2.26. The van der Waals surface area contributed by atoms with Crippen LogP contribution >= 0.6 is 0 Å². The molecule has 0 bridgehead atoms.